The zero-order chi connectivity index (χ0) is 15.1. The maximum absolute atomic E-state index is 5.87. The monoisotopic (exact) mass is 303 g/mol. The van der Waals surface area contributed by atoms with Crippen molar-refractivity contribution in [2.24, 2.45) is 5.73 Å². The number of hydrogen-bond donors (Lipinski definition) is 1. The number of methoxy groups -OCH3 is 1. The molecule has 1 atom stereocenters. The predicted molar refractivity (Wildman–Crippen MR) is 88.3 cm³/mol. The molecule has 2 rings (SSSR count). The summed E-state index contributed by atoms with van der Waals surface area (Å²) in [5.74, 6) is 2.38. The lowest BCUT2D eigenvalue weighted by atomic mass is 10.1. The predicted octanol–water partition coefficient (Wildman–Crippen LogP) is 3.89. The van der Waals surface area contributed by atoms with Gasteiger partial charge in [-0.2, -0.15) is 0 Å². The van der Waals surface area contributed by atoms with Gasteiger partial charge in [-0.05, 0) is 36.8 Å². The number of thioether (sulfide) groups is 1. The average molecular weight is 303 g/mol. The number of ether oxygens (including phenoxy) is 2. The van der Waals surface area contributed by atoms with Crippen LogP contribution in [0, 0.1) is 0 Å². The van der Waals surface area contributed by atoms with Crippen molar-refractivity contribution in [2.45, 2.75) is 17.9 Å². The molecule has 0 heterocycles. The van der Waals surface area contributed by atoms with E-state index in [0.717, 1.165) is 22.8 Å². The third-order valence-corrected chi connectivity index (χ3v) is 4.04. The van der Waals surface area contributed by atoms with Crippen LogP contribution in [0.25, 0.3) is 0 Å². The normalized spacial score (nSPS) is 12.0. The van der Waals surface area contributed by atoms with Gasteiger partial charge in [-0.3, -0.25) is 0 Å². The molecule has 0 aliphatic rings. The van der Waals surface area contributed by atoms with Crippen molar-refractivity contribution < 1.29 is 9.47 Å². The average Bonchev–Trinajstić information content (AvgIpc) is 2.52. The molecule has 112 valence electrons. The van der Waals surface area contributed by atoms with Crippen LogP contribution in [0.2, 0.25) is 0 Å². The van der Waals surface area contributed by atoms with E-state index >= 15 is 0 Å². The smallest absolute Gasteiger partial charge is 0.161 e. The SMILES string of the molecule is COc1cc(C(C)N)ccc1OCCSc1ccccc1. The largest absolute Gasteiger partial charge is 0.493 e. The highest BCUT2D eigenvalue weighted by atomic mass is 32.2. The number of benzene rings is 2. The fourth-order valence-electron chi connectivity index (χ4n) is 1.91. The van der Waals surface area contributed by atoms with Gasteiger partial charge in [-0.1, -0.05) is 24.3 Å². The van der Waals surface area contributed by atoms with Crippen LogP contribution in [0.3, 0.4) is 0 Å². The molecule has 0 amide bonds. The molecule has 2 aromatic carbocycles. The maximum atomic E-state index is 5.87. The Labute approximate surface area is 130 Å². The van der Waals surface area contributed by atoms with E-state index in [1.165, 1.54) is 4.90 Å². The first-order valence-corrected chi connectivity index (χ1v) is 7.93. The Morgan fingerprint density at radius 3 is 2.52 bits per heavy atom. The molecular weight excluding hydrogens is 282 g/mol. The van der Waals surface area contributed by atoms with Crippen LogP contribution < -0.4 is 15.2 Å². The molecular formula is C17H21NO2S. The van der Waals surface area contributed by atoms with E-state index in [-0.39, 0.29) is 6.04 Å². The highest BCUT2D eigenvalue weighted by Crippen LogP contribution is 2.30. The zero-order valence-corrected chi connectivity index (χ0v) is 13.2. The number of hydrogen-bond acceptors (Lipinski definition) is 4. The molecule has 21 heavy (non-hydrogen) atoms. The molecule has 0 fully saturated rings. The van der Waals surface area contributed by atoms with Crippen LogP contribution in [0.5, 0.6) is 11.5 Å². The Morgan fingerprint density at radius 2 is 1.86 bits per heavy atom. The molecule has 0 saturated carbocycles. The maximum Gasteiger partial charge on any atom is 0.161 e. The van der Waals surface area contributed by atoms with Gasteiger partial charge in [-0.25, -0.2) is 0 Å². The molecule has 1 unspecified atom stereocenters. The second kappa shape index (κ2) is 7.96. The van der Waals surface area contributed by atoms with Crippen LogP contribution in [-0.2, 0) is 0 Å². The van der Waals surface area contributed by atoms with E-state index in [0.29, 0.717) is 6.61 Å². The van der Waals surface area contributed by atoms with Gasteiger partial charge in [-0.15, -0.1) is 11.8 Å². The second-order valence-electron chi connectivity index (χ2n) is 4.71. The summed E-state index contributed by atoms with van der Waals surface area (Å²) in [6, 6.07) is 16.1. The minimum Gasteiger partial charge on any atom is -0.493 e. The standard InChI is InChI=1S/C17H21NO2S/c1-13(18)14-8-9-16(17(12-14)19-2)20-10-11-21-15-6-4-3-5-7-15/h3-9,12-13H,10-11,18H2,1-2H3. The molecule has 0 radical (unpaired) electrons. The van der Waals surface area contributed by atoms with Gasteiger partial charge in [0.1, 0.15) is 0 Å². The number of nitrogens with two attached hydrogens (primary N) is 1. The summed E-state index contributed by atoms with van der Waals surface area (Å²) in [6.07, 6.45) is 0. The lowest BCUT2D eigenvalue weighted by molar-refractivity contribution is 0.313. The van der Waals surface area contributed by atoms with Gasteiger partial charge in [0.05, 0.1) is 13.7 Å². The summed E-state index contributed by atoms with van der Waals surface area (Å²) in [6.45, 7) is 2.58. The molecule has 0 spiro atoms. The van der Waals surface area contributed by atoms with Crippen LogP contribution in [-0.4, -0.2) is 19.5 Å². The molecule has 4 heteroatoms. The van der Waals surface area contributed by atoms with Crippen LogP contribution in [0.15, 0.2) is 53.4 Å². The fraction of sp³-hybridized carbons (Fsp3) is 0.294. The first kappa shape index (κ1) is 15.7. The molecule has 0 saturated heterocycles. The summed E-state index contributed by atoms with van der Waals surface area (Å²) >= 11 is 1.78. The molecule has 0 aromatic heterocycles. The molecule has 0 aliphatic heterocycles. The summed E-state index contributed by atoms with van der Waals surface area (Å²) < 4.78 is 11.2. The summed E-state index contributed by atoms with van der Waals surface area (Å²) in [4.78, 5) is 1.25. The number of rotatable bonds is 7. The van der Waals surface area contributed by atoms with E-state index in [1.807, 2.05) is 43.3 Å². The van der Waals surface area contributed by atoms with E-state index in [2.05, 4.69) is 12.1 Å². The summed E-state index contributed by atoms with van der Waals surface area (Å²) in [5, 5.41) is 0. The van der Waals surface area contributed by atoms with Crippen LogP contribution in [0.4, 0.5) is 0 Å². The van der Waals surface area contributed by atoms with Gasteiger partial charge in [0.25, 0.3) is 0 Å². The van der Waals surface area contributed by atoms with Crippen molar-refractivity contribution >= 4 is 11.8 Å². The Morgan fingerprint density at radius 1 is 1.10 bits per heavy atom. The highest BCUT2D eigenvalue weighted by Gasteiger charge is 2.08. The molecule has 2 aromatic rings. The Bertz CT molecular complexity index is 558. The van der Waals surface area contributed by atoms with Gasteiger partial charge in [0.15, 0.2) is 11.5 Å². The summed E-state index contributed by atoms with van der Waals surface area (Å²) in [7, 11) is 1.64. The molecule has 0 bridgehead atoms. The third-order valence-electron chi connectivity index (χ3n) is 3.07. The van der Waals surface area contributed by atoms with Crippen molar-refractivity contribution in [1.82, 2.24) is 0 Å². The van der Waals surface area contributed by atoms with Crippen LogP contribution in [0.1, 0.15) is 18.5 Å². The van der Waals surface area contributed by atoms with E-state index < -0.39 is 0 Å². The second-order valence-corrected chi connectivity index (χ2v) is 5.88. The quantitative estimate of drug-likeness (QED) is 0.622. The fourth-order valence-corrected chi connectivity index (χ4v) is 2.67. The minimum absolute atomic E-state index is 0.0124. The Balaban J connectivity index is 1.88. The lowest BCUT2D eigenvalue weighted by Gasteiger charge is -2.13. The van der Waals surface area contributed by atoms with Crippen molar-refractivity contribution in [3.63, 3.8) is 0 Å². The van der Waals surface area contributed by atoms with E-state index in [4.69, 9.17) is 15.2 Å². The molecule has 3 nitrogen and oxygen atoms in total. The minimum atomic E-state index is -0.0124. The topological polar surface area (TPSA) is 44.5 Å². The Hall–Kier alpha value is -1.65. The molecule has 0 aliphatic carbocycles. The van der Waals surface area contributed by atoms with Crippen molar-refractivity contribution in [3.05, 3.63) is 54.1 Å². The van der Waals surface area contributed by atoms with E-state index in [9.17, 15) is 0 Å². The lowest BCUT2D eigenvalue weighted by Crippen LogP contribution is -2.06. The van der Waals surface area contributed by atoms with Gasteiger partial charge in [0.2, 0.25) is 0 Å². The summed E-state index contributed by atoms with van der Waals surface area (Å²) in [5.41, 5.74) is 6.91. The van der Waals surface area contributed by atoms with Crippen molar-refractivity contribution in [1.29, 1.82) is 0 Å². The highest BCUT2D eigenvalue weighted by molar-refractivity contribution is 7.99. The van der Waals surface area contributed by atoms with Gasteiger partial charge < -0.3 is 15.2 Å². The Kier molecular flexibility index (Phi) is 5.96. The van der Waals surface area contributed by atoms with E-state index in [1.54, 1.807) is 18.9 Å². The van der Waals surface area contributed by atoms with Crippen LogP contribution >= 0.6 is 11.8 Å². The zero-order valence-electron chi connectivity index (χ0n) is 12.4. The van der Waals surface area contributed by atoms with Crippen molar-refractivity contribution in [3.8, 4) is 11.5 Å². The third kappa shape index (κ3) is 4.69. The van der Waals surface area contributed by atoms with Crippen molar-refractivity contribution in [2.75, 3.05) is 19.5 Å². The van der Waals surface area contributed by atoms with Gasteiger partial charge >= 0.3 is 0 Å². The van der Waals surface area contributed by atoms with Gasteiger partial charge in [0, 0.05) is 16.7 Å². The molecule has 2 N–H and O–H groups in total. The first-order valence-electron chi connectivity index (χ1n) is 6.95. The first-order chi connectivity index (χ1) is 10.2.